The van der Waals surface area contributed by atoms with E-state index in [9.17, 15) is 13.2 Å². The first-order chi connectivity index (χ1) is 17.6. The number of aromatic nitrogens is 1. The second-order valence-electron chi connectivity index (χ2n) is 9.78. The lowest BCUT2D eigenvalue weighted by atomic mass is 10.0. The van der Waals surface area contributed by atoms with Crippen molar-refractivity contribution < 1.29 is 13.2 Å². The van der Waals surface area contributed by atoms with E-state index < -0.39 is 21.2 Å². The molecule has 1 saturated carbocycles. The summed E-state index contributed by atoms with van der Waals surface area (Å²) >= 11 is 0. The number of hydrogen-bond acceptors (Lipinski definition) is 4. The highest BCUT2D eigenvalue weighted by Crippen LogP contribution is 2.34. The number of nitrogens with one attached hydrogen (secondary N) is 1. The van der Waals surface area contributed by atoms with Gasteiger partial charge in [0.15, 0.2) is 0 Å². The molecule has 1 heterocycles. The lowest BCUT2D eigenvalue weighted by molar-refractivity contribution is 0.0981. The van der Waals surface area contributed by atoms with E-state index in [1.807, 2.05) is 32.2 Å². The topological polar surface area (TPSA) is 80.5 Å². The van der Waals surface area contributed by atoms with Gasteiger partial charge in [-0.15, -0.1) is 0 Å². The van der Waals surface area contributed by atoms with Gasteiger partial charge in [-0.25, -0.2) is 13.1 Å². The summed E-state index contributed by atoms with van der Waals surface area (Å²) in [6, 6.07) is 5.52. The van der Waals surface area contributed by atoms with Crippen LogP contribution in [0.15, 0.2) is 41.9 Å². The maximum Gasteiger partial charge on any atom is 0.264 e. The molecule has 6 nitrogen and oxygen atoms in total. The molecule has 1 fully saturated rings. The van der Waals surface area contributed by atoms with E-state index >= 15 is 0 Å². The largest absolute Gasteiger partial charge is 0.340 e. The Morgan fingerprint density at radius 3 is 2.38 bits per heavy atom. The molecule has 1 aliphatic carbocycles. The SMILES string of the molecule is C=C/C=C(\C)c1c(CCC)c2ccc(C(=O)NS(=O)(=O)C3CC3)cc2n1CCCC(C)=NC.CCCC. The van der Waals surface area contributed by atoms with Crippen LogP contribution in [0, 0.1) is 0 Å². The summed E-state index contributed by atoms with van der Waals surface area (Å²) in [5.74, 6) is -0.567. The molecule has 204 valence electrons. The number of nitrogens with zero attached hydrogens (tertiary/aromatic N) is 2. The smallest absolute Gasteiger partial charge is 0.264 e. The molecule has 1 aromatic heterocycles. The normalized spacial score (nSPS) is 14.3. The molecule has 3 rings (SSSR count). The third kappa shape index (κ3) is 8.16. The Bertz CT molecular complexity index is 1250. The predicted molar refractivity (Wildman–Crippen MR) is 158 cm³/mol. The highest BCUT2D eigenvalue weighted by Gasteiger charge is 2.37. The zero-order chi connectivity index (χ0) is 27.6. The number of hydrogen-bond donors (Lipinski definition) is 1. The highest BCUT2D eigenvalue weighted by molar-refractivity contribution is 7.91. The first kappa shape index (κ1) is 30.6. The molecule has 0 bridgehead atoms. The first-order valence-electron chi connectivity index (χ1n) is 13.6. The van der Waals surface area contributed by atoms with Crippen LogP contribution in [0.2, 0.25) is 0 Å². The summed E-state index contributed by atoms with van der Waals surface area (Å²) in [5.41, 5.74) is 5.94. The van der Waals surface area contributed by atoms with Gasteiger partial charge in [0.1, 0.15) is 0 Å². The number of sulfonamides is 1. The van der Waals surface area contributed by atoms with Gasteiger partial charge in [-0.2, -0.15) is 0 Å². The fraction of sp³-hybridized carbons (Fsp3) is 0.533. The van der Waals surface area contributed by atoms with Crippen LogP contribution in [-0.2, 0) is 23.0 Å². The second kappa shape index (κ2) is 14.3. The summed E-state index contributed by atoms with van der Waals surface area (Å²) in [4.78, 5) is 17.1. The van der Waals surface area contributed by atoms with E-state index in [-0.39, 0.29) is 0 Å². The Labute approximate surface area is 224 Å². The fourth-order valence-electron chi connectivity index (χ4n) is 4.26. The minimum absolute atomic E-state index is 0.358. The van der Waals surface area contributed by atoms with Gasteiger partial charge in [0.05, 0.1) is 5.25 Å². The monoisotopic (exact) mass is 527 g/mol. The number of allylic oxidation sites excluding steroid dienone is 3. The van der Waals surface area contributed by atoms with Crippen LogP contribution >= 0.6 is 0 Å². The van der Waals surface area contributed by atoms with Crippen molar-refractivity contribution in [1.82, 2.24) is 9.29 Å². The molecule has 0 aliphatic heterocycles. The van der Waals surface area contributed by atoms with Crippen LogP contribution < -0.4 is 4.72 Å². The molecular weight excluding hydrogens is 482 g/mol. The molecule has 0 atom stereocenters. The average Bonchev–Trinajstić information content (AvgIpc) is 3.69. The Kier molecular flexibility index (Phi) is 11.8. The molecular formula is C30H45N3O3S. The van der Waals surface area contributed by atoms with Gasteiger partial charge >= 0.3 is 0 Å². The van der Waals surface area contributed by atoms with Crippen LogP contribution in [-0.4, -0.2) is 36.9 Å². The van der Waals surface area contributed by atoms with Crippen LogP contribution in [0.25, 0.3) is 16.5 Å². The van der Waals surface area contributed by atoms with E-state index in [0.717, 1.165) is 60.1 Å². The summed E-state index contributed by atoms with van der Waals surface area (Å²) < 4.78 is 29.1. The van der Waals surface area contributed by atoms with E-state index in [0.29, 0.717) is 18.4 Å². The lowest BCUT2D eigenvalue weighted by Gasteiger charge is -2.13. The quantitative estimate of drug-likeness (QED) is 0.236. The van der Waals surface area contributed by atoms with Crippen LogP contribution in [0.4, 0.5) is 0 Å². The molecule has 7 heteroatoms. The minimum Gasteiger partial charge on any atom is -0.340 e. The Balaban J connectivity index is 0.00000112. The third-order valence-corrected chi connectivity index (χ3v) is 8.49. The molecule has 0 saturated heterocycles. The highest BCUT2D eigenvalue weighted by atomic mass is 32.2. The van der Waals surface area contributed by atoms with Gasteiger partial charge in [0, 0.05) is 41.5 Å². The van der Waals surface area contributed by atoms with Crippen molar-refractivity contribution >= 4 is 38.1 Å². The van der Waals surface area contributed by atoms with Crippen molar-refractivity contribution in [2.75, 3.05) is 7.05 Å². The summed E-state index contributed by atoms with van der Waals surface area (Å²) in [6.45, 7) is 15.3. The van der Waals surface area contributed by atoms with Crippen molar-refractivity contribution in [2.24, 2.45) is 4.99 Å². The number of carbonyl (C=O) groups excluding carboxylic acids is 1. The van der Waals surface area contributed by atoms with E-state index in [2.05, 4.69) is 48.6 Å². The zero-order valence-electron chi connectivity index (χ0n) is 23.6. The number of benzene rings is 1. The summed E-state index contributed by atoms with van der Waals surface area (Å²) in [6.07, 6.45) is 11.4. The van der Waals surface area contributed by atoms with E-state index in [1.165, 1.54) is 18.4 Å². The number of carbonyl (C=O) groups is 1. The zero-order valence-corrected chi connectivity index (χ0v) is 24.4. The Hall–Kier alpha value is -2.67. The Morgan fingerprint density at radius 2 is 1.84 bits per heavy atom. The number of amides is 1. The van der Waals surface area contributed by atoms with Crippen LogP contribution in [0.1, 0.15) is 101 Å². The molecule has 1 N–H and O–H groups in total. The van der Waals surface area contributed by atoms with Gasteiger partial charge in [-0.05, 0) is 69.2 Å². The van der Waals surface area contributed by atoms with Gasteiger partial charge < -0.3 is 4.57 Å². The molecule has 0 radical (unpaired) electrons. The van der Waals surface area contributed by atoms with Gasteiger partial charge in [0.2, 0.25) is 10.0 Å². The molecule has 37 heavy (non-hydrogen) atoms. The van der Waals surface area contributed by atoms with Crippen molar-refractivity contribution in [2.45, 2.75) is 97.8 Å². The van der Waals surface area contributed by atoms with Gasteiger partial charge in [0.25, 0.3) is 5.91 Å². The molecule has 0 spiro atoms. The lowest BCUT2D eigenvalue weighted by Crippen LogP contribution is -2.33. The standard InChI is InChI=1S/C26H35N3O3S.C4H10/c1-6-9-18(3)25-23(10-7-2)22-15-12-20(26(30)28-33(31,32)21-13-14-21)17-24(22)29(25)16-8-11-19(4)27-5;1-3-4-2/h6,9,12,15,17,21H,1,7-8,10-11,13-14,16H2,2-5H3,(H,28,30);3-4H2,1-2H3/b18-9+,27-19?;. The van der Waals surface area contributed by atoms with E-state index in [4.69, 9.17) is 0 Å². The van der Waals surface area contributed by atoms with Crippen LogP contribution in [0.5, 0.6) is 0 Å². The predicted octanol–water partition coefficient (Wildman–Crippen LogP) is 7.08. The van der Waals surface area contributed by atoms with Crippen molar-refractivity contribution in [1.29, 1.82) is 0 Å². The maximum atomic E-state index is 12.8. The number of fused-ring (bicyclic) bond motifs is 1. The van der Waals surface area contributed by atoms with E-state index in [1.54, 1.807) is 12.1 Å². The molecule has 1 aromatic carbocycles. The molecule has 0 unspecified atom stereocenters. The third-order valence-electron chi connectivity index (χ3n) is 6.67. The number of unbranched alkanes of at least 4 members (excludes halogenated alkanes) is 1. The van der Waals surface area contributed by atoms with Crippen LogP contribution in [0.3, 0.4) is 0 Å². The number of aliphatic imine (C=N–C) groups is 1. The van der Waals surface area contributed by atoms with Gasteiger partial charge in [-0.3, -0.25) is 9.79 Å². The van der Waals surface area contributed by atoms with Gasteiger partial charge in [-0.1, -0.05) is 64.8 Å². The minimum atomic E-state index is -3.60. The number of rotatable bonds is 12. The molecule has 1 amide bonds. The maximum absolute atomic E-state index is 12.8. The summed E-state index contributed by atoms with van der Waals surface area (Å²) in [7, 11) is -1.79. The first-order valence-corrected chi connectivity index (χ1v) is 15.1. The van der Waals surface area contributed by atoms with Crippen molar-refractivity contribution in [3.63, 3.8) is 0 Å². The van der Waals surface area contributed by atoms with Crippen molar-refractivity contribution in [3.05, 3.63) is 53.8 Å². The number of aryl methyl sites for hydroxylation is 2. The fourth-order valence-corrected chi connectivity index (χ4v) is 5.56. The summed E-state index contributed by atoms with van der Waals surface area (Å²) in [5, 5.41) is 0.665. The van der Waals surface area contributed by atoms with Crippen molar-refractivity contribution in [3.8, 4) is 0 Å². The molecule has 1 aliphatic rings. The molecule has 2 aromatic rings. The average molecular weight is 528 g/mol. The Morgan fingerprint density at radius 1 is 1.16 bits per heavy atom. The second-order valence-corrected chi connectivity index (χ2v) is 11.7.